The van der Waals surface area contributed by atoms with Crippen LogP contribution in [0.4, 0.5) is 13.2 Å². The quantitative estimate of drug-likeness (QED) is 0.507. The molecule has 0 saturated heterocycles. The van der Waals surface area contributed by atoms with Crippen LogP contribution in [-0.4, -0.2) is 24.6 Å². The van der Waals surface area contributed by atoms with E-state index in [1.165, 1.54) is 17.1 Å². The first kappa shape index (κ1) is 17.7. The Balaban J connectivity index is 1.70. The first-order chi connectivity index (χ1) is 12.9. The topological polar surface area (TPSA) is 44.8 Å². The highest BCUT2D eigenvalue weighted by Gasteiger charge is 2.33. The fourth-order valence-electron chi connectivity index (χ4n) is 3.67. The van der Waals surface area contributed by atoms with Gasteiger partial charge in [0.2, 0.25) is 5.91 Å². The predicted octanol–water partition coefficient (Wildman–Crippen LogP) is 3.39. The zero-order valence-electron chi connectivity index (χ0n) is 14.3. The molecule has 3 heterocycles. The molecule has 0 amide bonds. The monoisotopic (exact) mass is 392 g/mol. The van der Waals surface area contributed by atoms with Crippen molar-refractivity contribution in [1.29, 1.82) is 0 Å². The Morgan fingerprint density at radius 1 is 1.30 bits per heavy atom. The molecule has 0 bridgehead atoms. The smallest absolute Gasteiger partial charge is 0.237 e. The van der Waals surface area contributed by atoms with Gasteiger partial charge in [-0.1, -0.05) is 0 Å². The summed E-state index contributed by atoms with van der Waals surface area (Å²) in [7, 11) is 1.75. The van der Waals surface area contributed by atoms with Crippen LogP contribution in [0.2, 0.25) is 0 Å². The Hall–Kier alpha value is -2.68. The minimum Gasteiger partial charge on any atom is -0.323 e. The number of imidazole rings is 2. The molecule has 0 saturated carbocycles. The number of hydrogen-bond donors (Lipinski definition) is 0. The van der Waals surface area contributed by atoms with Gasteiger partial charge in [-0.05, 0) is 30.8 Å². The molecular formula is C18H15F3N4OS. The number of nitrogens with zero attached hydrogens (tertiary/aromatic N) is 4. The maximum absolute atomic E-state index is 14.2. The van der Waals surface area contributed by atoms with Gasteiger partial charge in [0.05, 0.1) is 6.42 Å². The van der Waals surface area contributed by atoms with Crippen LogP contribution in [0.5, 0.6) is 0 Å². The molecule has 0 aliphatic carbocycles. The normalized spacial score (nSPS) is 15.9. The fourth-order valence-corrected chi connectivity index (χ4v) is 3.96. The lowest BCUT2D eigenvalue weighted by Crippen LogP contribution is -2.15. The largest absolute Gasteiger partial charge is 0.323 e. The van der Waals surface area contributed by atoms with Gasteiger partial charge in [-0.25, -0.2) is 18.2 Å². The van der Waals surface area contributed by atoms with Crippen molar-refractivity contribution < 1.29 is 18.0 Å². The molecule has 2 aromatic heterocycles. The number of carbonyl (C=O) groups is 1. The summed E-state index contributed by atoms with van der Waals surface area (Å²) in [6.45, 7) is 0.235. The van der Waals surface area contributed by atoms with Gasteiger partial charge >= 0.3 is 0 Å². The van der Waals surface area contributed by atoms with Gasteiger partial charge in [-0.15, -0.1) is 0 Å². The van der Waals surface area contributed by atoms with E-state index in [1.54, 1.807) is 22.4 Å². The van der Waals surface area contributed by atoms with Gasteiger partial charge in [0.15, 0.2) is 16.4 Å². The number of fused-ring (bicyclic) bond motifs is 1. The van der Waals surface area contributed by atoms with Crippen LogP contribution in [0.3, 0.4) is 0 Å². The summed E-state index contributed by atoms with van der Waals surface area (Å²) in [5, 5.41) is 0. The molecule has 3 aromatic rings. The van der Waals surface area contributed by atoms with E-state index in [2.05, 4.69) is 4.98 Å². The van der Waals surface area contributed by atoms with E-state index in [1.807, 2.05) is 0 Å². The van der Waals surface area contributed by atoms with Crippen molar-refractivity contribution >= 4 is 18.1 Å². The van der Waals surface area contributed by atoms with E-state index in [0.29, 0.717) is 10.5 Å². The molecule has 140 valence electrons. The Bertz CT molecular complexity index is 1100. The molecule has 0 unspecified atom stereocenters. The Morgan fingerprint density at radius 2 is 2.04 bits per heavy atom. The number of aromatic nitrogens is 4. The van der Waals surface area contributed by atoms with Crippen molar-refractivity contribution in [2.75, 3.05) is 0 Å². The maximum atomic E-state index is 14.2. The average Bonchev–Trinajstić information content (AvgIpc) is 3.35. The highest BCUT2D eigenvalue weighted by Crippen LogP contribution is 2.36. The zero-order chi connectivity index (χ0) is 19.3. The fraction of sp³-hybridized carbons (Fsp3) is 0.278. The summed E-state index contributed by atoms with van der Waals surface area (Å²) in [6, 6.07) is 1.70. The molecule has 0 fully saturated rings. The molecule has 1 aliphatic rings. The summed E-state index contributed by atoms with van der Waals surface area (Å²) in [5.41, 5.74) is 1.14. The van der Waals surface area contributed by atoms with Crippen molar-refractivity contribution in [3.05, 3.63) is 70.0 Å². The second-order valence-corrected chi connectivity index (χ2v) is 6.91. The van der Waals surface area contributed by atoms with E-state index in [9.17, 15) is 18.0 Å². The number of hydrogen-bond acceptors (Lipinski definition) is 3. The standard InChI is InChI=1S/C18H15F3N4OS/c1-23-13(7-15(26)24-5-4-22-9-24)14-6-10(8-25(14)18(23)27)16-11(19)2-3-12(20)17(16)21/h2-5,9-10H,6-8H2,1H3/t10-/m1/s1. The molecule has 4 rings (SSSR count). The number of carbonyl (C=O) groups excluding carboxylic acids is 1. The van der Waals surface area contributed by atoms with Gasteiger partial charge in [0.25, 0.3) is 0 Å². The van der Waals surface area contributed by atoms with Gasteiger partial charge < -0.3 is 9.13 Å². The molecule has 0 spiro atoms. The van der Waals surface area contributed by atoms with E-state index in [0.717, 1.165) is 17.8 Å². The minimum atomic E-state index is -1.17. The van der Waals surface area contributed by atoms with E-state index < -0.39 is 23.4 Å². The molecule has 9 heteroatoms. The van der Waals surface area contributed by atoms with Crippen molar-refractivity contribution in [2.45, 2.75) is 25.3 Å². The molecule has 0 N–H and O–H groups in total. The molecule has 1 aromatic carbocycles. The molecular weight excluding hydrogens is 377 g/mol. The van der Waals surface area contributed by atoms with Crippen molar-refractivity contribution in [3.63, 3.8) is 0 Å². The lowest BCUT2D eigenvalue weighted by atomic mass is 9.95. The van der Waals surface area contributed by atoms with E-state index >= 15 is 0 Å². The SMILES string of the molecule is Cn1c(CC(=O)n2ccnc2)c2n(c1=S)C[C@H](c1c(F)ccc(F)c1F)C2. The van der Waals surface area contributed by atoms with Gasteiger partial charge in [0, 0.05) is 48.9 Å². The van der Waals surface area contributed by atoms with Crippen molar-refractivity contribution in [2.24, 2.45) is 7.05 Å². The van der Waals surface area contributed by atoms with Crippen LogP contribution in [0.15, 0.2) is 30.9 Å². The summed E-state index contributed by atoms with van der Waals surface area (Å²) < 4.78 is 47.3. The second kappa shape index (κ2) is 6.49. The highest BCUT2D eigenvalue weighted by molar-refractivity contribution is 7.71. The number of rotatable bonds is 3. The lowest BCUT2D eigenvalue weighted by molar-refractivity contribution is 0.0911. The molecule has 27 heavy (non-hydrogen) atoms. The average molecular weight is 392 g/mol. The van der Waals surface area contributed by atoms with Gasteiger partial charge in [0.1, 0.15) is 12.1 Å². The van der Waals surface area contributed by atoms with Crippen molar-refractivity contribution in [3.8, 4) is 0 Å². The third-order valence-electron chi connectivity index (χ3n) is 5.02. The predicted molar refractivity (Wildman–Crippen MR) is 93.6 cm³/mol. The third kappa shape index (κ3) is 2.82. The molecule has 1 atom stereocenters. The van der Waals surface area contributed by atoms with Crippen LogP contribution in [-0.2, 0) is 26.4 Å². The molecule has 0 radical (unpaired) electrons. The van der Waals surface area contributed by atoms with Gasteiger partial charge in [-0.2, -0.15) is 0 Å². The Morgan fingerprint density at radius 3 is 2.74 bits per heavy atom. The second-order valence-electron chi connectivity index (χ2n) is 6.54. The van der Waals surface area contributed by atoms with E-state index in [4.69, 9.17) is 12.2 Å². The molecule has 1 aliphatic heterocycles. The van der Waals surface area contributed by atoms with Crippen LogP contribution in [0, 0.1) is 22.2 Å². The van der Waals surface area contributed by atoms with Crippen LogP contribution in [0.25, 0.3) is 0 Å². The molecule has 5 nitrogen and oxygen atoms in total. The Labute approximate surface area is 157 Å². The summed E-state index contributed by atoms with van der Waals surface area (Å²) in [5.74, 6) is -3.81. The van der Waals surface area contributed by atoms with Crippen LogP contribution in [0.1, 0.15) is 27.7 Å². The first-order valence-corrected chi connectivity index (χ1v) is 8.71. The Kier molecular flexibility index (Phi) is 4.26. The maximum Gasteiger partial charge on any atom is 0.237 e. The lowest BCUT2D eigenvalue weighted by Gasteiger charge is -2.13. The van der Waals surface area contributed by atoms with Crippen molar-refractivity contribution in [1.82, 2.24) is 18.7 Å². The highest BCUT2D eigenvalue weighted by atomic mass is 32.1. The van der Waals surface area contributed by atoms with Gasteiger partial charge in [-0.3, -0.25) is 9.36 Å². The minimum absolute atomic E-state index is 0.0691. The zero-order valence-corrected chi connectivity index (χ0v) is 15.1. The summed E-state index contributed by atoms with van der Waals surface area (Å²) >= 11 is 5.42. The van der Waals surface area contributed by atoms with E-state index in [-0.39, 0.29) is 30.9 Å². The first-order valence-electron chi connectivity index (χ1n) is 8.30. The third-order valence-corrected chi connectivity index (χ3v) is 5.52. The summed E-state index contributed by atoms with van der Waals surface area (Å²) in [4.78, 5) is 16.3. The summed E-state index contributed by atoms with van der Waals surface area (Å²) in [6.07, 6.45) is 4.81. The van der Waals surface area contributed by atoms with Crippen LogP contribution >= 0.6 is 12.2 Å². The van der Waals surface area contributed by atoms with Crippen LogP contribution < -0.4 is 0 Å². The number of halogens is 3. The number of benzene rings is 1.